The molecular formula is C48H68BN5O8S. The van der Waals surface area contributed by atoms with Gasteiger partial charge in [0.05, 0.1) is 29.2 Å². The lowest BCUT2D eigenvalue weighted by Crippen LogP contribution is -2.49. The maximum atomic E-state index is 13.3. The highest BCUT2D eigenvalue weighted by Gasteiger charge is 2.32. The number of carbonyl (C=O) groups is 1. The van der Waals surface area contributed by atoms with E-state index < -0.39 is 28.0 Å². The van der Waals surface area contributed by atoms with Gasteiger partial charge in [-0.25, -0.2) is 8.42 Å². The molecule has 5 rings (SSSR count). The molecule has 63 heavy (non-hydrogen) atoms. The molecule has 2 heterocycles. The van der Waals surface area contributed by atoms with E-state index in [2.05, 4.69) is 50.5 Å². The lowest BCUT2D eigenvalue weighted by atomic mass is 9.87. The Kier molecular flexibility index (Phi) is 21.8. The first kappa shape index (κ1) is 52.5. The van der Waals surface area contributed by atoms with Gasteiger partial charge in [0.2, 0.25) is 17.9 Å². The van der Waals surface area contributed by atoms with E-state index in [4.69, 9.17) is 37.3 Å². The van der Waals surface area contributed by atoms with E-state index in [1.807, 2.05) is 69.3 Å². The highest BCUT2D eigenvalue weighted by Crippen LogP contribution is 2.35. The summed E-state index contributed by atoms with van der Waals surface area (Å²) < 4.78 is 50.0. The van der Waals surface area contributed by atoms with Gasteiger partial charge >= 0.3 is 0 Å². The number of nitrogens with zero attached hydrogens (tertiary/aromatic N) is 3. The van der Waals surface area contributed by atoms with E-state index in [1.54, 1.807) is 22.5 Å². The molecule has 3 N–H and O–H groups in total. The van der Waals surface area contributed by atoms with Crippen LogP contribution in [0.25, 0.3) is 0 Å². The molecule has 0 spiro atoms. The van der Waals surface area contributed by atoms with Gasteiger partial charge < -0.3 is 34.7 Å². The zero-order valence-electron chi connectivity index (χ0n) is 38.3. The van der Waals surface area contributed by atoms with Crippen molar-refractivity contribution >= 4 is 23.7 Å². The summed E-state index contributed by atoms with van der Waals surface area (Å²) >= 11 is 0. The number of amides is 1. The summed E-state index contributed by atoms with van der Waals surface area (Å²) in [4.78, 5) is 11.5. The van der Waals surface area contributed by atoms with Gasteiger partial charge in [-0.05, 0) is 91.2 Å². The quantitative estimate of drug-likeness (QED) is 0.0746. The van der Waals surface area contributed by atoms with E-state index in [0.717, 1.165) is 49.3 Å². The van der Waals surface area contributed by atoms with Crippen LogP contribution >= 0.6 is 0 Å². The SMILES string of the molecule is CC(C)CN(CC(C)(C)CCCC#N)S(=O)(=O)c1ccc2c(c1)OCCO2.Cc1ccc2c(c1)OCCO2.[B]C(=O)N[C@@H](Cc1ccccc1)[C@H](O)CNCC(C)(C)CCCC#N. The van der Waals surface area contributed by atoms with E-state index in [1.165, 1.54) is 5.56 Å². The lowest BCUT2D eigenvalue weighted by molar-refractivity contribution is 0.125. The molecule has 2 aliphatic rings. The van der Waals surface area contributed by atoms with Crippen molar-refractivity contribution in [3.05, 3.63) is 77.9 Å². The molecule has 0 unspecified atom stereocenters. The van der Waals surface area contributed by atoms with Crippen molar-refractivity contribution in [2.24, 2.45) is 16.7 Å². The Balaban J connectivity index is 0.000000271. The third kappa shape index (κ3) is 19.2. The van der Waals surface area contributed by atoms with Gasteiger partial charge in [-0.2, -0.15) is 14.8 Å². The molecule has 13 nitrogen and oxygen atoms in total. The Morgan fingerprint density at radius 2 is 1.37 bits per heavy atom. The second-order valence-electron chi connectivity index (χ2n) is 18.0. The Morgan fingerprint density at radius 1 is 0.825 bits per heavy atom. The normalized spacial score (nSPS) is 14.2. The molecule has 3 aromatic carbocycles. The van der Waals surface area contributed by atoms with Gasteiger partial charge in [-0.3, -0.25) is 4.79 Å². The first-order chi connectivity index (χ1) is 29.9. The molecule has 0 aliphatic carbocycles. The Bertz CT molecular complexity index is 2050. The van der Waals surface area contributed by atoms with Gasteiger partial charge in [0, 0.05) is 45.1 Å². The number of aliphatic hydroxyl groups is 1. The van der Waals surface area contributed by atoms with E-state index in [-0.39, 0.29) is 21.6 Å². The number of nitrogens with one attached hydrogen (secondary N) is 2. The van der Waals surface area contributed by atoms with Crippen molar-refractivity contribution in [1.82, 2.24) is 14.9 Å². The zero-order chi connectivity index (χ0) is 46.5. The van der Waals surface area contributed by atoms with Crippen LogP contribution in [0.3, 0.4) is 0 Å². The molecule has 1 amide bonds. The summed E-state index contributed by atoms with van der Waals surface area (Å²) in [5, 5.41) is 33.7. The zero-order valence-corrected chi connectivity index (χ0v) is 39.1. The molecule has 0 saturated heterocycles. The molecule has 2 radical (unpaired) electrons. The molecule has 3 aromatic rings. The molecule has 2 aliphatic heterocycles. The van der Waals surface area contributed by atoms with E-state index in [9.17, 15) is 18.3 Å². The van der Waals surface area contributed by atoms with Crippen LogP contribution in [0.15, 0.2) is 71.6 Å². The number of fused-ring (bicyclic) bond motifs is 2. The van der Waals surface area contributed by atoms with Crippen LogP contribution in [0.2, 0.25) is 0 Å². The summed E-state index contributed by atoms with van der Waals surface area (Å²) in [6.07, 6.45) is 4.19. The van der Waals surface area contributed by atoms with Gasteiger partial charge in [0.25, 0.3) is 0 Å². The second-order valence-corrected chi connectivity index (χ2v) is 19.9. The van der Waals surface area contributed by atoms with E-state index in [0.29, 0.717) is 76.8 Å². The fraction of sp³-hybridized carbons (Fsp3) is 0.562. The third-order valence-electron chi connectivity index (χ3n) is 10.4. The summed E-state index contributed by atoms with van der Waals surface area (Å²) in [6, 6.07) is 24.3. The maximum absolute atomic E-state index is 13.3. The second kappa shape index (κ2) is 26.1. The first-order valence-corrected chi connectivity index (χ1v) is 23.3. The molecular weight excluding hydrogens is 817 g/mol. The smallest absolute Gasteiger partial charge is 0.243 e. The fourth-order valence-electron chi connectivity index (χ4n) is 7.11. The number of benzene rings is 3. The Hall–Kier alpha value is -4.80. The average molecular weight is 886 g/mol. The molecule has 15 heteroatoms. The fourth-order valence-corrected chi connectivity index (χ4v) is 8.92. The van der Waals surface area contributed by atoms with Crippen molar-refractivity contribution in [2.75, 3.05) is 52.6 Å². The van der Waals surface area contributed by atoms with Crippen LogP contribution in [0, 0.1) is 46.3 Å². The number of rotatable bonds is 20. The van der Waals surface area contributed by atoms with Crippen molar-refractivity contribution in [3.8, 4) is 35.1 Å². The number of aliphatic hydroxyl groups excluding tert-OH is 1. The summed E-state index contributed by atoms with van der Waals surface area (Å²) in [5.74, 6) is 2.34. The highest BCUT2D eigenvalue weighted by molar-refractivity contribution is 7.89. The van der Waals surface area contributed by atoms with Crippen LogP contribution in [-0.4, -0.2) is 96.2 Å². The van der Waals surface area contributed by atoms with Crippen LogP contribution in [-0.2, 0) is 16.4 Å². The molecule has 0 fully saturated rings. The number of nitriles is 2. The number of sulfonamides is 1. The number of unbranched alkanes of at least 4 members (excludes halogenated alkanes) is 2. The minimum absolute atomic E-state index is 0.0443. The van der Waals surface area contributed by atoms with Crippen molar-refractivity contribution in [2.45, 2.75) is 110 Å². The predicted molar refractivity (Wildman–Crippen MR) is 247 cm³/mol. The van der Waals surface area contributed by atoms with Gasteiger partial charge in [0.15, 0.2) is 28.8 Å². The summed E-state index contributed by atoms with van der Waals surface area (Å²) in [5.41, 5.74) is 2.06. The summed E-state index contributed by atoms with van der Waals surface area (Å²) in [6.45, 7) is 18.6. The number of carbonyl (C=O) groups excluding carboxylic acids is 1. The summed E-state index contributed by atoms with van der Waals surface area (Å²) in [7, 11) is 1.58. The molecule has 0 bridgehead atoms. The molecule has 2 atom stereocenters. The topological polar surface area (TPSA) is 183 Å². The van der Waals surface area contributed by atoms with Crippen LogP contribution in [0.5, 0.6) is 23.0 Å². The van der Waals surface area contributed by atoms with Gasteiger partial charge in [-0.15, -0.1) is 0 Å². The standard InChI is InChI=1S/C20H30N2O4S.C19H28BN3O2.C9H10O2/c1-16(2)14-22(15-20(3,4)9-5-6-10-21)27(23,24)17-7-8-18-19(13-17)26-12-11-25-18;1-19(2,10-6-7-11-21)14-22-13-17(24)16(23-18(20)25)12-15-8-4-3-5-9-15;1-7-2-3-8-9(6-7)11-5-4-10-8/h7-8,13,16H,5-6,9,11-12,14-15H2,1-4H3;3-5,8-9,16-17,22,24H,6-7,10,12-14H2,1-2H3,(H,23,25);2-3,6H,4-5H2,1H3/t;16-,17+;/m.0./s1. The van der Waals surface area contributed by atoms with Gasteiger partial charge in [-0.1, -0.05) is 77.9 Å². The number of ether oxygens (including phenoxy) is 4. The number of hydrogen-bond acceptors (Lipinski definition) is 11. The lowest BCUT2D eigenvalue weighted by Gasteiger charge is -2.33. The highest BCUT2D eigenvalue weighted by atomic mass is 32.2. The third-order valence-corrected chi connectivity index (χ3v) is 12.2. The van der Waals surface area contributed by atoms with Crippen molar-refractivity contribution < 1.29 is 37.3 Å². The largest absolute Gasteiger partial charge is 0.486 e. The Labute approximate surface area is 377 Å². The van der Waals surface area contributed by atoms with Crippen LogP contribution in [0.1, 0.15) is 91.2 Å². The average Bonchev–Trinajstić information content (AvgIpc) is 3.23. The minimum atomic E-state index is -3.66. The van der Waals surface area contributed by atoms with E-state index >= 15 is 0 Å². The number of hydrogen-bond donors (Lipinski definition) is 3. The minimum Gasteiger partial charge on any atom is -0.486 e. The van der Waals surface area contributed by atoms with Crippen LogP contribution < -0.4 is 29.6 Å². The Morgan fingerprint density at radius 3 is 1.92 bits per heavy atom. The first-order valence-electron chi connectivity index (χ1n) is 21.8. The van der Waals surface area contributed by atoms with Crippen molar-refractivity contribution in [1.29, 1.82) is 10.5 Å². The number of aryl methyl sites for hydroxylation is 1. The van der Waals surface area contributed by atoms with Crippen molar-refractivity contribution in [3.63, 3.8) is 0 Å². The predicted octanol–water partition coefficient (Wildman–Crippen LogP) is 7.74. The monoisotopic (exact) mass is 885 g/mol. The molecule has 342 valence electrons. The maximum Gasteiger partial charge on any atom is 0.243 e. The van der Waals surface area contributed by atoms with Gasteiger partial charge in [0.1, 0.15) is 26.4 Å². The molecule has 0 aromatic heterocycles. The molecule has 0 saturated carbocycles. The van der Waals surface area contributed by atoms with Crippen LogP contribution in [0.4, 0.5) is 4.79 Å².